The molecule has 0 heterocycles. The Labute approximate surface area is 78.3 Å². The Morgan fingerprint density at radius 1 is 1.23 bits per heavy atom. The quantitative estimate of drug-likeness (QED) is 0.633. The van der Waals surface area contributed by atoms with Gasteiger partial charge in [-0.05, 0) is 29.7 Å². The first-order chi connectivity index (χ1) is 6.40. The number of ether oxygens (including phenoxy) is 1. The highest BCUT2D eigenvalue weighted by molar-refractivity contribution is 5.59. The van der Waals surface area contributed by atoms with Crippen molar-refractivity contribution in [3.63, 3.8) is 0 Å². The zero-order chi connectivity index (χ0) is 9.10. The first-order valence-electron chi connectivity index (χ1n) is 4.40. The Morgan fingerprint density at radius 2 is 2.08 bits per heavy atom. The lowest BCUT2D eigenvalue weighted by atomic mass is 10.1. The molecule has 0 unspecified atom stereocenters. The van der Waals surface area contributed by atoms with Crippen LogP contribution in [0.5, 0.6) is 0 Å². The van der Waals surface area contributed by atoms with E-state index in [1.54, 1.807) is 7.11 Å². The number of hydrogen-bond acceptors (Lipinski definition) is 1. The van der Waals surface area contributed by atoms with Crippen molar-refractivity contribution in [2.75, 3.05) is 7.11 Å². The molecule has 0 amide bonds. The Hall–Kier alpha value is -1.50. The molecule has 1 heteroatoms. The molecule has 0 N–H and O–H groups in total. The molecule has 0 aromatic heterocycles. The Morgan fingerprint density at radius 3 is 2.92 bits per heavy atom. The van der Waals surface area contributed by atoms with Gasteiger partial charge in [0.25, 0.3) is 0 Å². The third-order valence-corrected chi connectivity index (χ3v) is 2.21. The fourth-order valence-electron chi connectivity index (χ4n) is 1.49. The van der Waals surface area contributed by atoms with E-state index in [2.05, 4.69) is 30.4 Å². The Bertz CT molecular complexity index is 361. The number of methoxy groups -OCH3 is 1. The third kappa shape index (κ3) is 1.64. The summed E-state index contributed by atoms with van der Waals surface area (Å²) in [4.78, 5) is 0. The smallest absolute Gasteiger partial charge is 0.119 e. The van der Waals surface area contributed by atoms with E-state index >= 15 is 0 Å². The maximum absolute atomic E-state index is 5.20. The molecular weight excluding hydrogens is 160 g/mol. The molecule has 1 nitrogen and oxygen atoms in total. The van der Waals surface area contributed by atoms with E-state index in [4.69, 9.17) is 4.74 Å². The standard InChI is InChI=1S/C12H12O/c1-13-12-8-4-7-10-5-2-3-6-11(10)9-12/h2-6,8-9H,7H2,1H3. The van der Waals surface area contributed by atoms with Crippen molar-refractivity contribution in [2.24, 2.45) is 0 Å². The molecule has 1 aromatic carbocycles. The van der Waals surface area contributed by atoms with Gasteiger partial charge in [-0.1, -0.05) is 30.3 Å². The lowest BCUT2D eigenvalue weighted by molar-refractivity contribution is 0.310. The van der Waals surface area contributed by atoms with Gasteiger partial charge in [-0.25, -0.2) is 0 Å². The number of rotatable bonds is 1. The van der Waals surface area contributed by atoms with E-state index in [0.717, 1.165) is 12.2 Å². The second-order valence-electron chi connectivity index (χ2n) is 3.06. The molecule has 1 aliphatic rings. The average Bonchev–Trinajstić information content (AvgIpc) is 2.38. The van der Waals surface area contributed by atoms with Crippen LogP contribution in [-0.2, 0) is 11.2 Å². The van der Waals surface area contributed by atoms with Crippen LogP contribution >= 0.6 is 0 Å². The topological polar surface area (TPSA) is 9.23 Å². The van der Waals surface area contributed by atoms with Crippen LogP contribution < -0.4 is 0 Å². The predicted molar refractivity (Wildman–Crippen MR) is 54.3 cm³/mol. The molecular formula is C12H12O. The summed E-state index contributed by atoms with van der Waals surface area (Å²) >= 11 is 0. The van der Waals surface area contributed by atoms with Crippen molar-refractivity contribution in [2.45, 2.75) is 6.42 Å². The Balaban J connectivity index is 2.47. The van der Waals surface area contributed by atoms with Crippen molar-refractivity contribution >= 4 is 6.08 Å². The van der Waals surface area contributed by atoms with Crippen molar-refractivity contribution in [3.8, 4) is 0 Å². The molecule has 0 radical (unpaired) electrons. The van der Waals surface area contributed by atoms with E-state index < -0.39 is 0 Å². The van der Waals surface area contributed by atoms with Gasteiger partial charge in [0.15, 0.2) is 0 Å². The van der Waals surface area contributed by atoms with Crippen molar-refractivity contribution in [1.29, 1.82) is 0 Å². The minimum atomic E-state index is 0.921. The molecule has 0 fully saturated rings. The van der Waals surface area contributed by atoms with E-state index in [9.17, 15) is 0 Å². The molecule has 0 saturated carbocycles. The minimum absolute atomic E-state index is 0.921. The fourth-order valence-corrected chi connectivity index (χ4v) is 1.49. The number of hydrogen-bond donors (Lipinski definition) is 0. The zero-order valence-corrected chi connectivity index (χ0v) is 7.66. The summed E-state index contributed by atoms with van der Waals surface area (Å²) in [6.07, 6.45) is 7.19. The highest BCUT2D eigenvalue weighted by Crippen LogP contribution is 2.18. The molecule has 0 bridgehead atoms. The zero-order valence-electron chi connectivity index (χ0n) is 7.66. The van der Waals surface area contributed by atoms with Gasteiger partial charge in [-0.2, -0.15) is 0 Å². The largest absolute Gasteiger partial charge is 0.497 e. The van der Waals surface area contributed by atoms with Crippen LogP contribution in [0.2, 0.25) is 0 Å². The number of fused-ring (bicyclic) bond motifs is 1. The van der Waals surface area contributed by atoms with E-state index in [1.165, 1.54) is 11.1 Å². The summed E-state index contributed by atoms with van der Waals surface area (Å²) in [5.41, 5.74) is 2.61. The molecule has 1 aromatic rings. The van der Waals surface area contributed by atoms with Gasteiger partial charge < -0.3 is 4.74 Å². The van der Waals surface area contributed by atoms with Crippen LogP contribution in [0.15, 0.2) is 42.2 Å². The van der Waals surface area contributed by atoms with Crippen molar-refractivity contribution in [1.82, 2.24) is 0 Å². The lowest BCUT2D eigenvalue weighted by Gasteiger charge is -2.01. The lowest BCUT2D eigenvalue weighted by Crippen LogP contribution is -1.84. The van der Waals surface area contributed by atoms with E-state index in [0.29, 0.717) is 0 Å². The summed E-state index contributed by atoms with van der Waals surface area (Å²) in [7, 11) is 1.70. The third-order valence-electron chi connectivity index (χ3n) is 2.21. The molecule has 13 heavy (non-hydrogen) atoms. The van der Waals surface area contributed by atoms with Gasteiger partial charge in [0, 0.05) is 0 Å². The van der Waals surface area contributed by atoms with Gasteiger partial charge >= 0.3 is 0 Å². The SMILES string of the molecule is COC1=Cc2ccccc2CC=C1. The molecule has 0 aliphatic heterocycles. The highest BCUT2D eigenvalue weighted by Gasteiger charge is 2.02. The summed E-state index contributed by atoms with van der Waals surface area (Å²) in [6, 6.07) is 8.38. The van der Waals surface area contributed by atoms with E-state index in [1.807, 2.05) is 12.1 Å². The Kier molecular flexibility index (Phi) is 2.17. The number of benzene rings is 1. The second kappa shape index (κ2) is 3.48. The first-order valence-corrected chi connectivity index (χ1v) is 4.40. The van der Waals surface area contributed by atoms with Crippen LogP contribution in [0.25, 0.3) is 6.08 Å². The summed E-state index contributed by atoms with van der Waals surface area (Å²) in [5.74, 6) is 0.921. The molecule has 0 atom stereocenters. The van der Waals surface area contributed by atoms with Gasteiger partial charge in [-0.15, -0.1) is 0 Å². The molecule has 0 saturated heterocycles. The van der Waals surface area contributed by atoms with Crippen LogP contribution in [0.3, 0.4) is 0 Å². The van der Waals surface area contributed by atoms with Crippen molar-refractivity contribution in [3.05, 3.63) is 53.3 Å². The summed E-state index contributed by atoms with van der Waals surface area (Å²) < 4.78 is 5.20. The average molecular weight is 172 g/mol. The number of allylic oxidation sites excluding steroid dienone is 2. The van der Waals surface area contributed by atoms with Gasteiger partial charge in [0.2, 0.25) is 0 Å². The van der Waals surface area contributed by atoms with Crippen LogP contribution in [0.4, 0.5) is 0 Å². The highest BCUT2D eigenvalue weighted by atomic mass is 16.5. The molecule has 66 valence electrons. The normalized spacial score (nSPS) is 14.4. The first kappa shape index (κ1) is 8.11. The molecule has 0 spiro atoms. The van der Waals surface area contributed by atoms with Gasteiger partial charge in [-0.3, -0.25) is 0 Å². The summed E-state index contributed by atoms with van der Waals surface area (Å²) in [5, 5.41) is 0. The van der Waals surface area contributed by atoms with Gasteiger partial charge in [0.1, 0.15) is 5.76 Å². The molecule has 2 rings (SSSR count). The van der Waals surface area contributed by atoms with Crippen molar-refractivity contribution < 1.29 is 4.74 Å². The molecule has 1 aliphatic carbocycles. The van der Waals surface area contributed by atoms with Crippen LogP contribution in [-0.4, -0.2) is 7.11 Å². The maximum atomic E-state index is 5.20. The van der Waals surface area contributed by atoms with Crippen LogP contribution in [0, 0.1) is 0 Å². The fraction of sp³-hybridized carbons (Fsp3) is 0.167. The predicted octanol–water partition coefficient (Wildman–Crippen LogP) is 2.79. The monoisotopic (exact) mass is 172 g/mol. The van der Waals surface area contributed by atoms with E-state index in [-0.39, 0.29) is 0 Å². The summed E-state index contributed by atoms with van der Waals surface area (Å²) in [6.45, 7) is 0. The minimum Gasteiger partial charge on any atom is -0.497 e. The van der Waals surface area contributed by atoms with Gasteiger partial charge in [0.05, 0.1) is 7.11 Å². The second-order valence-corrected chi connectivity index (χ2v) is 3.06. The van der Waals surface area contributed by atoms with Crippen LogP contribution in [0.1, 0.15) is 11.1 Å². The maximum Gasteiger partial charge on any atom is 0.119 e.